The zero-order valence-corrected chi connectivity index (χ0v) is 21.7. The first kappa shape index (κ1) is 20.5. The predicted octanol–water partition coefficient (Wildman–Crippen LogP) is 9.27. The molecule has 174 valence electrons. The van der Waals surface area contributed by atoms with Gasteiger partial charge in [-0.2, -0.15) is 0 Å². The van der Waals surface area contributed by atoms with Crippen LogP contribution in [0.3, 0.4) is 0 Å². The number of nitrogens with one attached hydrogen (secondary N) is 2. The van der Waals surface area contributed by atoms with Crippen molar-refractivity contribution in [1.82, 2.24) is 19.9 Å². The summed E-state index contributed by atoms with van der Waals surface area (Å²) in [4.78, 5) is 16.6. The van der Waals surface area contributed by atoms with Gasteiger partial charge in [-0.05, 0) is 53.8 Å². The quantitative estimate of drug-likeness (QED) is 0.247. The van der Waals surface area contributed by atoms with Gasteiger partial charge in [-0.3, -0.25) is 0 Å². The lowest BCUT2D eigenvalue weighted by Gasteiger charge is -2.07. The summed E-state index contributed by atoms with van der Waals surface area (Å²) in [7, 11) is 0. The Balaban J connectivity index is 1.32. The van der Waals surface area contributed by atoms with E-state index >= 15 is 0 Å². The number of thiophene rings is 2. The molecule has 4 aromatic heterocycles. The second-order valence-corrected chi connectivity index (χ2v) is 11.9. The van der Waals surface area contributed by atoms with E-state index in [-0.39, 0.29) is 0 Å². The number of imidazole rings is 2. The first-order valence-corrected chi connectivity index (χ1v) is 13.9. The fraction of sp³-hybridized carbons (Fsp3) is 0.133. The molecule has 0 aliphatic rings. The molecule has 0 atom stereocenters. The largest absolute Gasteiger partial charge is 0.342 e. The number of fused-ring (bicyclic) bond motifs is 10. The lowest BCUT2D eigenvalue weighted by molar-refractivity contribution is 0.799. The Hall–Kier alpha value is -3.74. The smallest absolute Gasteiger partial charge is 0.109 e. The standard InChI is InChI=1S/C30H22N4S2/c1-14(2)30-33-23-12-21-18-6-4-17(11-25(18)36-26(21)13-24(23)34-30)16-5-7-19-22(10-16)29-20(8-9-35-29)28-27(19)31-15(3)32-28/h4-14H,1-3H3,(H,31,32)(H,33,34). The van der Waals surface area contributed by atoms with E-state index in [2.05, 4.69) is 83.8 Å². The third-order valence-corrected chi connectivity index (χ3v) is 9.31. The number of benzene rings is 4. The van der Waals surface area contributed by atoms with E-state index in [9.17, 15) is 0 Å². The Labute approximate surface area is 214 Å². The van der Waals surface area contributed by atoms with E-state index in [1.807, 2.05) is 18.3 Å². The lowest BCUT2D eigenvalue weighted by Crippen LogP contribution is -1.88. The van der Waals surface area contributed by atoms with E-state index in [1.54, 1.807) is 11.3 Å². The van der Waals surface area contributed by atoms with Gasteiger partial charge in [-0.25, -0.2) is 9.97 Å². The van der Waals surface area contributed by atoms with Crippen LogP contribution >= 0.6 is 22.7 Å². The van der Waals surface area contributed by atoms with Gasteiger partial charge < -0.3 is 9.97 Å². The SMILES string of the molecule is Cc1nc2c3ccsc3c3cc(-c4ccc5c(c4)sc4cc6nc(C(C)C)[nH]c6cc45)ccc3c2[nH]1. The first-order valence-electron chi connectivity index (χ1n) is 12.2. The van der Waals surface area contributed by atoms with Crippen molar-refractivity contribution in [1.29, 1.82) is 0 Å². The highest BCUT2D eigenvalue weighted by molar-refractivity contribution is 7.26. The minimum atomic E-state index is 0.389. The molecule has 2 N–H and O–H groups in total. The van der Waals surface area contributed by atoms with Crippen molar-refractivity contribution in [3.05, 3.63) is 71.6 Å². The molecule has 0 saturated heterocycles. The zero-order chi connectivity index (χ0) is 24.1. The molecule has 8 rings (SSSR count). The topological polar surface area (TPSA) is 57.4 Å². The summed E-state index contributed by atoms with van der Waals surface area (Å²) >= 11 is 3.64. The van der Waals surface area contributed by atoms with Crippen molar-refractivity contribution in [2.24, 2.45) is 0 Å². The third kappa shape index (κ3) is 2.80. The van der Waals surface area contributed by atoms with Crippen molar-refractivity contribution in [2.45, 2.75) is 26.7 Å². The molecule has 0 bridgehead atoms. The molecular formula is C30H22N4S2. The molecule has 0 aliphatic carbocycles. The summed E-state index contributed by atoms with van der Waals surface area (Å²) in [5.41, 5.74) is 6.85. The average molecular weight is 503 g/mol. The monoisotopic (exact) mass is 502 g/mol. The second-order valence-electron chi connectivity index (χ2n) is 9.92. The zero-order valence-electron chi connectivity index (χ0n) is 20.1. The fourth-order valence-electron chi connectivity index (χ4n) is 5.47. The normalized spacial score (nSPS) is 12.6. The molecule has 0 aliphatic heterocycles. The summed E-state index contributed by atoms with van der Waals surface area (Å²) in [6.07, 6.45) is 0. The number of aryl methyl sites for hydroxylation is 1. The number of rotatable bonds is 2. The highest BCUT2D eigenvalue weighted by Crippen LogP contribution is 2.41. The molecule has 4 nitrogen and oxygen atoms in total. The van der Waals surface area contributed by atoms with Gasteiger partial charge in [0.15, 0.2) is 0 Å². The van der Waals surface area contributed by atoms with Gasteiger partial charge in [0.1, 0.15) is 11.6 Å². The summed E-state index contributed by atoms with van der Waals surface area (Å²) < 4.78 is 3.89. The maximum Gasteiger partial charge on any atom is 0.109 e. The molecule has 0 unspecified atom stereocenters. The van der Waals surface area contributed by atoms with Crippen LogP contribution in [0, 0.1) is 6.92 Å². The molecule has 0 spiro atoms. The van der Waals surface area contributed by atoms with E-state index in [0.29, 0.717) is 5.92 Å². The van der Waals surface area contributed by atoms with Gasteiger partial charge >= 0.3 is 0 Å². The van der Waals surface area contributed by atoms with Crippen LogP contribution in [0.15, 0.2) is 60.0 Å². The number of hydrogen-bond donors (Lipinski definition) is 2. The molecule has 0 fully saturated rings. The van der Waals surface area contributed by atoms with Gasteiger partial charge in [0, 0.05) is 46.9 Å². The predicted molar refractivity (Wildman–Crippen MR) is 156 cm³/mol. The van der Waals surface area contributed by atoms with Gasteiger partial charge in [0.05, 0.1) is 22.1 Å². The minimum Gasteiger partial charge on any atom is -0.342 e. The van der Waals surface area contributed by atoms with Crippen LogP contribution < -0.4 is 0 Å². The van der Waals surface area contributed by atoms with Crippen molar-refractivity contribution in [2.75, 3.05) is 0 Å². The Kier molecular flexibility index (Phi) is 4.06. The summed E-state index contributed by atoms with van der Waals surface area (Å²) in [5.74, 6) is 2.39. The van der Waals surface area contributed by atoms with Crippen LogP contribution in [-0.4, -0.2) is 19.9 Å². The Bertz CT molecular complexity index is 2150. The maximum absolute atomic E-state index is 4.82. The number of hydrogen-bond acceptors (Lipinski definition) is 4. The van der Waals surface area contributed by atoms with Crippen LogP contribution in [0.5, 0.6) is 0 Å². The van der Waals surface area contributed by atoms with Crippen LogP contribution in [0.25, 0.3) is 74.2 Å². The second kappa shape index (κ2) is 7.15. The highest BCUT2D eigenvalue weighted by Gasteiger charge is 2.15. The summed E-state index contributed by atoms with van der Waals surface area (Å²) in [6.45, 7) is 6.37. The molecule has 0 saturated carbocycles. The molecule has 6 heteroatoms. The van der Waals surface area contributed by atoms with Crippen LogP contribution in [-0.2, 0) is 0 Å². The molecule has 0 radical (unpaired) electrons. The number of H-pyrrole nitrogens is 2. The van der Waals surface area contributed by atoms with Crippen molar-refractivity contribution >= 4 is 85.8 Å². The van der Waals surface area contributed by atoms with Gasteiger partial charge in [0.2, 0.25) is 0 Å². The first-order chi connectivity index (χ1) is 17.5. The number of aromatic nitrogens is 4. The molecule has 36 heavy (non-hydrogen) atoms. The third-order valence-electron chi connectivity index (χ3n) is 7.25. The molecule has 4 aromatic carbocycles. The van der Waals surface area contributed by atoms with Gasteiger partial charge in [-0.15, -0.1) is 22.7 Å². The van der Waals surface area contributed by atoms with Crippen LogP contribution in [0.1, 0.15) is 31.4 Å². The Morgan fingerprint density at radius 2 is 1.56 bits per heavy atom. The summed E-state index contributed by atoms with van der Waals surface area (Å²) in [6, 6.07) is 20.4. The summed E-state index contributed by atoms with van der Waals surface area (Å²) in [5, 5.41) is 8.52. The average Bonchev–Trinajstić information content (AvgIpc) is 3.65. The molecular weight excluding hydrogens is 480 g/mol. The van der Waals surface area contributed by atoms with E-state index in [1.165, 1.54) is 52.2 Å². The van der Waals surface area contributed by atoms with E-state index < -0.39 is 0 Å². The van der Waals surface area contributed by atoms with Crippen molar-refractivity contribution < 1.29 is 0 Å². The Morgan fingerprint density at radius 3 is 2.42 bits per heavy atom. The fourth-order valence-corrected chi connectivity index (χ4v) is 7.56. The van der Waals surface area contributed by atoms with Gasteiger partial charge in [-0.1, -0.05) is 38.1 Å². The highest BCUT2D eigenvalue weighted by atomic mass is 32.1. The van der Waals surface area contributed by atoms with Crippen molar-refractivity contribution in [3.63, 3.8) is 0 Å². The molecule has 0 amide bonds. The van der Waals surface area contributed by atoms with Crippen LogP contribution in [0.2, 0.25) is 0 Å². The molecule has 4 heterocycles. The van der Waals surface area contributed by atoms with E-state index in [0.717, 1.165) is 33.7 Å². The lowest BCUT2D eigenvalue weighted by atomic mass is 9.98. The number of aromatic amines is 2. The number of nitrogens with zero attached hydrogens (tertiary/aromatic N) is 2. The van der Waals surface area contributed by atoms with E-state index in [4.69, 9.17) is 9.97 Å². The van der Waals surface area contributed by atoms with Gasteiger partial charge in [0.25, 0.3) is 0 Å². The molecule has 8 aromatic rings. The minimum absolute atomic E-state index is 0.389. The Morgan fingerprint density at radius 1 is 0.750 bits per heavy atom. The van der Waals surface area contributed by atoms with Crippen LogP contribution in [0.4, 0.5) is 0 Å². The maximum atomic E-state index is 4.82. The van der Waals surface area contributed by atoms with Crippen molar-refractivity contribution in [3.8, 4) is 11.1 Å².